The van der Waals surface area contributed by atoms with Gasteiger partial charge in [0.1, 0.15) is 5.82 Å². The van der Waals surface area contributed by atoms with Crippen molar-refractivity contribution in [3.8, 4) is 22.9 Å². The van der Waals surface area contributed by atoms with Gasteiger partial charge in [-0.05, 0) is 48.0 Å². The van der Waals surface area contributed by atoms with E-state index >= 15 is 0 Å². The molecule has 1 N–H and O–H groups in total. The van der Waals surface area contributed by atoms with Crippen LogP contribution in [0, 0.1) is 0 Å². The molecule has 0 fully saturated rings. The zero-order chi connectivity index (χ0) is 20.6. The van der Waals surface area contributed by atoms with Gasteiger partial charge in [-0.25, -0.2) is 4.98 Å². The van der Waals surface area contributed by atoms with E-state index in [0.29, 0.717) is 23.4 Å². The number of aromatic nitrogens is 3. The number of benzene rings is 2. The number of halogens is 3. The van der Waals surface area contributed by atoms with Gasteiger partial charge in [-0.1, -0.05) is 6.07 Å². The lowest BCUT2D eigenvalue weighted by molar-refractivity contribution is -0.137. The van der Waals surface area contributed by atoms with Crippen LogP contribution in [0.2, 0.25) is 0 Å². The summed E-state index contributed by atoms with van der Waals surface area (Å²) in [7, 11) is 1.42. The van der Waals surface area contributed by atoms with Crippen molar-refractivity contribution >= 4 is 11.0 Å². The predicted octanol–water partition coefficient (Wildman–Crippen LogP) is 4.88. The molecule has 0 spiro atoms. The number of ether oxygens (including phenoxy) is 1. The van der Waals surface area contributed by atoms with Crippen LogP contribution in [0.4, 0.5) is 13.2 Å². The van der Waals surface area contributed by atoms with E-state index in [-0.39, 0.29) is 17.0 Å². The Morgan fingerprint density at radius 3 is 2.62 bits per heavy atom. The van der Waals surface area contributed by atoms with E-state index < -0.39 is 11.7 Å². The largest absolute Gasteiger partial charge is 0.504 e. The molecule has 0 amide bonds. The highest BCUT2D eigenvalue weighted by Crippen LogP contribution is 2.35. The molecule has 2 aromatic carbocycles. The van der Waals surface area contributed by atoms with Gasteiger partial charge in [0.15, 0.2) is 11.5 Å². The number of phenols is 1. The highest BCUT2D eigenvalue weighted by atomic mass is 19.4. The number of alkyl halides is 3. The van der Waals surface area contributed by atoms with Gasteiger partial charge in [0, 0.05) is 18.0 Å². The van der Waals surface area contributed by atoms with Crippen molar-refractivity contribution in [2.75, 3.05) is 7.11 Å². The van der Waals surface area contributed by atoms with E-state index in [1.54, 1.807) is 30.6 Å². The third kappa shape index (κ3) is 3.61. The van der Waals surface area contributed by atoms with Crippen molar-refractivity contribution < 1.29 is 23.0 Å². The number of fused-ring (bicyclic) bond motifs is 1. The van der Waals surface area contributed by atoms with E-state index in [9.17, 15) is 18.3 Å². The molecule has 148 valence electrons. The first-order valence-electron chi connectivity index (χ1n) is 8.70. The summed E-state index contributed by atoms with van der Waals surface area (Å²) in [6.45, 7) is 0.369. The lowest BCUT2D eigenvalue weighted by Gasteiger charge is -2.11. The highest BCUT2D eigenvalue weighted by molar-refractivity contribution is 5.82. The molecule has 0 saturated carbocycles. The highest BCUT2D eigenvalue weighted by Gasteiger charge is 2.31. The average Bonchev–Trinajstić information content (AvgIpc) is 3.06. The molecule has 2 heterocycles. The van der Waals surface area contributed by atoms with Crippen molar-refractivity contribution in [2.24, 2.45) is 0 Å². The molecule has 8 heteroatoms. The maximum absolute atomic E-state index is 13.1. The van der Waals surface area contributed by atoms with Gasteiger partial charge >= 0.3 is 6.18 Å². The van der Waals surface area contributed by atoms with Crippen LogP contribution in [-0.2, 0) is 12.7 Å². The second-order valence-electron chi connectivity index (χ2n) is 6.47. The van der Waals surface area contributed by atoms with E-state index in [1.165, 1.54) is 19.2 Å². The quantitative estimate of drug-likeness (QED) is 0.531. The molecule has 0 atom stereocenters. The number of rotatable bonds is 4. The molecule has 5 nitrogen and oxygen atoms in total. The Kier molecular flexibility index (Phi) is 4.62. The summed E-state index contributed by atoms with van der Waals surface area (Å²) < 4.78 is 46.4. The summed E-state index contributed by atoms with van der Waals surface area (Å²) >= 11 is 0. The predicted molar refractivity (Wildman–Crippen MR) is 102 cm³/mol. The normalized spacial score (nSPS) is 11.7. The second kappa shape index (κ2) is 7.12. The molecule has 0 saturated heterocycles. The maximum Gasteiger partial charge on any atom is 0.416 e. The average molecular weight is 399 g/mol. The minimum absolute atomic E-state index is 0.0365. The van der Waals surface area contributed by atoms with Crippen molar-refractivity contribution in [3.05, 3.63) is 72.1 Å². The fourth-order valence-corrected chi connectivity index (χ4v) is 3.18. The van der Waals surface area contributed by atoms with E-state index in [4.69, 9.17) is 4.74 Å². The Bertz CT molecular complexity index is 1170. The number of imidazole rings is 1. The molecular formula is C21H16F3N3O2. The summed E-state index contributed by atoms with van der Waals surface area (Å²) in [4.78, 5) is 8.56. The molecule has 29 heavy (non-hydrogen) atoms. The SMILES string of the molecule is COc1cc(-c2nc3cc(C(F)(F)F)ccc3n2Cc2cccnc2)ccc1O. The molecule has 0 aliphatic carbocycles. The zero-order valence-electron chi connectivity index (χ0n) is 15.3. The number of hydrogen-bond donors (Lipinski definition) is 1. The number of pyridine rings is 1. The molecular weight excluding hydrogens is 383 g/mol. The lowest BCUT2D eigenvalue weighted by Crippen LogP contribution is -2.05. The van der Waals surface area contributed by atoms with Crippen LogP contribution in [0.5, 0.6) is 11.5 Å². The van der Waals surface area contributed by atoms with E-state index in [1.807, 2.05) is 10.6 Å². The third-order valence-electron chi connectivity index (χ3n) is 4.58. The van der Waals surface area contributed by atoms with Crippen LogP contribution in [0.15, 0.2) is 60.9 Å². The van der Waals surface area contributed by atoms with Gasteiger partial charge in [-0.15, -0.1) is 0 Å². The molecule has 0 aliphatic rings. The number of phenolic OH excluding ortho intramolecular Hbond substituents is 1. The summed E-state index contributed by atoms with van der Waals surface area (Å²) in [6.07, 6.45) is -1.11. The first-order chi connectivity index (χ1) is 13.9. The van der Waals surface area contributed by atoms with Crippen LogP contribution in [-0.4, -0.2) is 26.8 Å². The summed E-state index contributed by atoms with van der Waals surface area (Å²) in [6, 6.07) is 11.9. The molecule has 0 unspecified atom stereocenters. The Balaban J connectivity index is 1.92. The standard InChI is InChI=1S/C21H16F3N3O2/c1-29-19-9-14(4-7-18(19)28)20-26-16-10-15(21(22,23)24)5-6-17(16)27(20)12-13-3-2-8-25-11-13/h2-11,28H,12H2,1H3. The Morgan fingerprint density at radius 1 is 1.10 bits per heavy atom. The number of methoxy groups -OCH3 is 1. The zero-order valence-corrected chi connectivity index (χ0v) is 15.3. The Morgan fingerprint density at radius 2 is 1.93 bits per heavy atom. The second-order valence-corrected chi connectivity index (χ2v) is 6.47. The molecule has 4 rings (SSSR count). The van der Waals surface area contributed by atoms with Gasteiger partial charge in [0.2, 0.25) is 0 Å². The van der Waals surface area contributed by atoms with Crippen molar-refractivity contribution in [1.29, 1.82) is 0 Å². The van der Waals surface area contributed by atoms with E-state index in [2.05, 4.69) is 9.97 Å². The van der Waals surface area contributed by atoms with Gasteiger partial charge < -0.3 is 14.4 Å². The number of aromatic hydroxyl groups is 1. The minimum Gasteiger partial charge on any atom is -0.504 e. The van der Waals surface area contributed by atoms with Gasteiger partial charge in [0.05, 0.1) is 30.3 Å². The summed E-state index contributed by atoms with van der Waals surface area (Å²) in [5, 5.41) is 9.87. The molecule has 0 radical (unpaired) electrons. The van der Waals surface area contributed by atoms with Crippen molar-refractivity contribution in [2.45, 2.75) is 12.7 Å². The topological polar surface area (TPSA) is 60.2 Å². The van der Waals surface area contributed by atoms with Crippen LogP contribution in [0.25, 0.3) is 22.4 Å². The number of nitrogens with zero attached hydrogens (tertiary/aromatic N) is 3. The fraction of sp³-hybridized carbons (Fsp3) is 0.143. The maximum atomic E-state index is 13.1. The Hall–Kier alpha value is -3.55. The fourth-order valence-electron chi connectivity index (χ4n) is 3.18. The van der Waals surface area contributed by atoms with E-state index in [0.717, 1.165) is 17.7 Å². The monoisotopic (exact) mass is 399 g/mol. The van der Waals surface area contributed by atoms with Crippen molar-refractivity contribution in [1.82, 2.24) is 14.5 Å². The molecule has 0 bridgehead atoms. The first-order valence-corrected chi connectivity index (χ1v) is 8.70. The number of hydrogen-bond acceptors (Lipinski definition) is 4. The minimum atomic E-state index is -4.46. The smallest absolute Gasteiger partial charge is 0.416 e. The molecule has 0 aliphatic heterocycles. The first kappa shape index (κ1) is 18.8. The van der Waals surface area contributed by atoms with Gasteiger partial charge in [-0.2, -0.15) is 13.2 Å². The van der Waals surface area contributed by atoms with Crippen LogP contribution >= 0.6 is 0 Å². The lowest BCUT2D eigenvalue weighted by atomic mass is 10.1. The molecule has 2 aromatic heterocycles. The molecule has 4 aromatic rings. The summed E-state index contributed by atoms with van der Waals surface area (Å²) in [5.41, 5.74) is 1.51. The summed E-state index contributed by atoms with van der Waals surface area (Å²) in [5.74, 6) is 0.672. The van der Waals surface area contributed by atoms with Gasteiger partial charge in [-0.3, -0.25) is 4.98 Å². The Labute approximate surface area is 164 Å². The van der Waals surface area contributed by atoms with Crippen molar-refractivity contribution in [3.63, 3.8) is 0 Å². The van der Waals surface area contributed by atoms with Crippen LogP contribution < -0.4 is 4.74 Å². The van der Waals surface area contributed by atoms with Crippen LogP contribution in [0.1, 0.15) is 11.1 Å². The third-order valence-corrected chi connectivity index (χ3v) is 4.58. The van der Waals surface area contributed by atoms with Gasteiger partial charge in [0.25, 0.3) is 0 Å². The van der Waals surface area contributed by atoms with Crippen LogP contribution in [0.3, 0.4) is 0 Å².